The fraction of sp³-hybridized carbons (Fsp3) is 0. The minimum absolute atomic E-state index is 0.105. The zero-order valence-corrected chi connectivity index (χ0v) is 13.0. The molecule has 0 amide bonds. The molecule has 25 heavy (non-hydrogen) atoms. The summed E-state index contributed by atoms with van der Waals surface area (Å²) in [5.74, 6) is -0.136. The normalized spacial score (nSPS) is 10.3. The summed E-state index contributed by atoms with van der Waals surface area (Å²) in [6, 6.07) is 13.9. The molecule has 0 unspecified atom stereocenters. The molecule has 5 nitrogen and oxygen atoms in total. The third-order valence-corrected chi connectivity index (χ3v) is 3.34. The number of halogens is 1. The number of carboxylic acid groups (broad SMARTS) is 1. The molecule has 3 rings (SSSR count). The van der Waals surface area contributed by atoms with Crippen molar-refractivity contribution in [3.63, 3.8) is 0 Å². The second-order valence-electron chi connectivity index (χ2n) is 5.09. The number of hydrogen-bond acceptors (Lipinski definition) is 4. The van der Waals surface area contributed by atoms with Crippen LogP contribution >= 0.6 is 0 Å². The zero-order valence-electron chi connectivity index (χ0n) is 13.0. The Kier molecular flexibility index (Phi) is 4.52. The van der Waals surface area contributed by atoms with Crippen molar-refractivity contribution in [3.05, 3.63) is 78.4 Å². The number of ether oxygens (including phenoxy) is 1. The maximum Gasteiger partial charge on any atom is 0.354 e. The Bertz CT molecular complexity index is 922. The highest BCUT2D eigenvalue weighted by molar-refractivity contribution is 5.86. The molecule has 1 aromatic heterocycles. The predicted octanol–water partition coefficient (Wildman–Crippen LogP) is 4.42. The quantitative estimate of drug-likeness (QED) is 0.747. The van der Waals surface area contributed by atoms with Crippen molar-refractivity contribution in [1.29, 1.82) is 0 Å². The van der Waals surface area contributed by atoms with Gasteiger partial charge in [0.05, 0.1) is 5.69 Å². The first-order chi connectivity index (χ1) is 12.0. The van der Waals surface area contributed by atoms with Gasteiger partial charge in [-0.25, -0.2) is 19.2 Å². The van der Waals surface area contributed by atoms with Gasteiger partial charge in [-0.05, 0) is 60.7 Å². The Morgan fingerprint density at radius 2 is 1.64 bits per heavy atom. The lowest BCUT2D eigenvalue weighted by atomic mass is 10.2. The molecule has 6 heteroatoms. The van der Waals surface area contributed by atoms with Crippen molar-refractivity contribution in [2.45, 2.75) is 0 Å². The first-order valence-corrected chi connectivity index (χ1v) is 7.34. The van der Waals surface area contributed by atoms with E-state index in [4.69, 9.17) is 9.84 Å². The number of carbonyl (C=O) groups is 1. The summed E-state index contributed by atoms with van der Waals surface area (Å²) in [5, 5.41) is 9.13. The third-order valence-electron chi connectivity index (χ3n) is 3.34. The molecule has 0 saturated carbocycles. The third kappa shape index (κ3) is 3.87. The molecule has 3 aromatic rings. The van der Waals surface area contributed by atoms with E-state index in [1.807, 2.05) is 0 Å². The van der Waals surface area contributed by atoms with Crippen LogP contribution in [0.3, 0.4) is 0 Å². The molecular weight excluding hydrogens is 323 g/mol. The average molecular weight is 336 g/mol. The van der Waals surface area contributed by atoms with Crippen LogP contribution < -0.4 is 4.74 Å². The van der Waals surface area contributed by atoms with Crippen LogP contribution in [-0.2, 0) is 0 Å². The predicted molar refractivity (Wildman–Crippen MR) is 91.0 cm³/mol. The lowest BCUT2D eigenvalue weighted by Gasteiger charge is -2.07. The van der Waals surface area contributed by atoms with Crippen LogP contribution in [0, 0.1) is 5.82 Å². The van der Waals surface area contributed by atoms with Crippen molar-refractivity contribution in [2.24, 2.45) is 0 Å². The Morgan fingerprint density at radius 3 is 2.20 bits per heavy atom. The number of aromatic nitrogens is 2. The van der Waals surface area contributed by atoms with E-state index in [0.29, 0.717) is 22.8 Å². The highest BCUT2D eigenvalue weighted by atomic mass is 19.1. The SMILES string of the molecule is C=Cc1cc(C(=O)O)nc(-c2ccc(Oc3ccc(F)cc3)cc2)n1. The second kappa shape index (κ2) is 6.92. The van der Waals surface area contributed by atoms with E-state index in [9.17, 15) is 9.18 Å². The molecule has 0 saturated heterocycles. The smallest absolute Gasteiger partial charge is 0.354 e. The first kappa shape index (κ1) is 16.3. The summed E-state index contributed by atoms with van der Waals surface area (Å²) in [6.45, 7) is 3.60. The van der Waals surface area contributed by atoms with Gasteiger partial charge < -0.3 is 9.84 Å². The molecule has 0 aliphatic carbocycles. The average Bonchev–Trinajstić information content (AvgIpc) is 2.64. The molecule has 2 aromatic carbocycles. The Labute approximate surface area is 143 Å². The summed E-state index contributed by atoms with van der Waals surface area (Å²) in [6.07, 6.45) is 1.46. The van der Waals surface area contributed by atoms with Gasteiger partial charge in [-0.15, -0.1) is 0 Å². The summed E-state index contributed by atoms with van der Waals surface area (Å²) in [7, 11) is 0. The summed E-state index contributed by atoms with van der Waals surface area (Å²) < 4.78 is 18.5. The van der Waals surface area contributed by atoms with Crippen LogP contribution in [0.1, 0.15) is 16.2 Å². The van der Waals surface area contributed by atoms with E-state index < -0.39 is 5.97 Å². The lowest BCUT2D eigenvalue weighted by Crippen LogP contribution is -2.04. The summed E-state index contributed by atoms with van der Waals surface area (Å²) in [4.78, 5) is 19.4. The number of rotatable bonds is 5. The van der Waals surface area contributed by atoms with Gasteiger partial charge in [0.15, 0.2) is 11.5 Å². The van der Waals surface area contributed by atoms with E-state index in [-0.39, 0.29) is 17.3 Å². The highest BCUT2D eigenvalue weighted by Gasteiger charge is 2.11. The summed E-state index contributed by atoms with van der Waals surface area (Å²) >= 11 is 0. The second-order valence-corrected chi connectivity index (χ2v) is 5.09. The van der Waals surface area contributed by atoms with Crippen LogP contribution in [-0.4, -0.2) is 21.0 Å². The van der Waals surface area contributed by atoms with Gasteiger partial charge >= 0.3 is 5.97 Å². The fourth-order valence-electron chi connectivity index (χ4n) is 2.12. The minimum Gasteiger partial charge on any atom is -0.477 e. The van der Waals surface area contributed by atoms with E-state index in [2.05, 4.69) is 16.5 Å². The van der Waals surface area contributed by atoms with Gasteiger partial charge in [0.25, 0.3) is 0 Å². The van der Waals surface area contributed by atoms with Crippen LogP contribution in [0.25, 0.3) is 17.5 Å². The van der Waals surface area contributed by atoms with Gasteiger partial charge in [-0.2, -0.15) is 0 Å². The molecule has 0 aliphatic rings. The molecule has 0 aliphatic heterocycles. The van der Waals surface area contributed by atoms with Crippen LogP contribution in [0.2, 0.25) is 0 Å². The maximum atomic E-state index is 12.9. The zero-order chi connectivity index (χ0) is 17.8. The number of nitrogens with zero attached hydrogens (tertiary/aromatic N) is 2. The maximum absolute atomic E-state index is 12.9. The largest absolute Gasteiger partial charge is 0.477 e. The van der Waals surface area contributed by atoms with Gasteiger partial charge in [0.1, 0.15) is 17.3 Å². The molecule has 0 spiro atoms. The van der Waals surface area contributed by atoms with Crippen molar-refractivity contribution < 1.29 is 19.0 Å². The monoisotopic (exact) mass is 336 g/mol. The van der Waals surface area contributed by atoms with E-state index in [0.717, 1.165) is 0 Å². The van der Waals surface area contributed by atoms with Crippen molar-refractivity contribution in [1.82, 2.24) is 9.97 Å². The summed E-state index contributed by atoms with van der Waals surface area (Å²) in [5.41, 5.74) is 0.957. The van der Waals surface area contributed by atoms with Crippen molar-refractivity contribution in [2.75, 3.05) is 0 Å². The molecular formula is C19H13FN2O3. The van der Waals surface area contributed by atoms with Gasteiger partial charge in [0, 0.05) is 5.56 Å². The number of carboxylic acids is 1. The van der Waals surface area contributed by atoms with Crippen molar-refractivity contribution >= 4 is 12.0 Å². The van der Waals surface area contributed by atoms with Crippen molar-refractivity contribution in [3.8, 4) is 22.9 Å². The van der Waals surface area contributed by atoms with E-state index in [1.165, 1.54) is 36.4 Å². The molecule has 0 atom stereocenters. The molecule has 124 valence electrons. The number of hydrogen-bond donors (Lipinski definition) is 1. The van der Waals surface area contributed by atoms with Gasteiger partial charge in [0.2, 0.25) is 0 Å². The molecule has 1 heterocycles. The number of aromatic carboxylic acids is 1. The Balaban J connectivity index is 1.87. The molecule has 0 bridgehead atoms. The Morgan fingerprint density at radius 1 is 1.04 bits per heavy atom. The fourth-order valence-corrected chi connectivity index (χ4v) is 2.12. The lowest BCUT2D eigenvalue weighted by molar-refractivity contribution is 0.0690. The van der Waals surface area contributed by atoms with E-state index >= 15 is 0 Å². The molecule has 0 radical (unpaired) electrons. The van der Waals surface area contributed by atoms with Crippen LogP contribution in [0.15, 0.2) is 61.2 Å². The van der Waals surface area contributed by atoms with Gasteiger partial charge in [-0.1, -0.05) is 6.58 Å². The number of benzene rings is 2. The first-order valence-electron chi connectivity index (χ1n) is 7.34. The topological polar surface area (TPSA) is 72.3 Å². The van der Waals surface area contributed by atoms with Crippen LogP contribution in [0.4, 0.5) is 4.39 Å². The molecule has 1 N–H and O–H groups in total. The highest BCUT2D eigenvalue weighted by Crippen LogP contribution is 2.25. The standard InChI is InChI=1S/C19H13FN2O3/c1-2-14-11-17(19(23)24)22-18(21-14)12-3-7-15(8-4-12)25-16-9-5-13(20)6-10-16/h2-11H,1H2,(H,23,24). The molecule has 0 fully saturated rings. The minimum atomic E-state index is -1.14. The van der Waals surface area contributed by atoms with E-state index in [1.54, 1.807) is 24.3 Å². The van der Waals surface area contributed by atoms with Gasteiger partial charge in [-0.3, -0.25) is 0 Å². The Hall–Kier alpha value is -3.54. The van der Waals surface area contributed by atoms with Crippen LogP contribution in [0.5, 0.6) is 11.5 Å².